The minimum Gasteiger partial charge on any atom is -0.318 e. The summed E-state index contributed by atoms with van der Waals surface area (Å²) in [5.74, 6) is -0.741. The number of aryl methyl sites for hydroxylation is 2. The zero-order valence-electron chi connectivity index (χ0n) is 16.8. The molecule has 0 spiro atoms. The molecule has 1 aromatic heterocycles. The predicted molar refractivity (Wildman–Crippen MR) is 115 cm³/mol. The van der Waals surface area contributed by atoms with Gasteiger partial charge in [-0.05, 0) is 67.8 Å². The van der Waals surface area contributed by atoms with E-state index in [4.69, 9.17) is 0 Å². The number of nitrogens with zero attached hydrogens (tertiary/aromatic N) is 2. The molecule has 4 rings (SSSR count). The first-order valence-electron chi connectivity index (χ1n) is 9.70. The summed E-state index contributed by atoms with van der Waals surface area (Å²) in [6.45, 7) is 6.16. The second kappa shape index (κ2) is 7.43. The minimum atomic E-state index is -0.393. The molecule has 0 aliphatic carbocycles. The van der Waals surface area contributed by atoms with Crippen LogP contribution in [0.3, 0.4) is 0 Å². The lowest BCUT2D eigenvalue weighted by Gasteiger charge is -2.13. The number of carbonyl (C=O) groups excluding carboxylic acids is 2. The van der Waals surface area contributed by atoms with Crippen LogP contribution in [0, 0.1) is 13.8 Å². The van der Waals surface area contributed by atoms with E-state index in [-0.39, 0.29) is 11.5 Å². The number of carbonyl (C=O) groups is 2. The molecular weight excluding hydrogens is 362 g/mol. The van der Waals surface area contributed by atoms with Gasteiger partial charge in [0, 0.05) is 17.1 Å². The number of para-hydroxylation sites is 1. The SMILES string of the molecule is CCc1ccc(-n2c(C)cc(C=C3C(=O)NN(c4ccccc4)C3=O)c2C)cc1. The third kappa shape index (κ3) is 3.36. The highest BCUT2D eigenvalue weighted by molar-refractivity contribution is 6.31. The van der Waals surface area contributed by atoms with Crippen LogP contribution in [0.4, 0.5) is 5.69 Å². The Labute approximate surface area is 170 Å². The maximum absolute atomic E-state index is 12.8. The van der Waals surface area contributed by atoms with Gasteiger partial charge in [-0.15, -0.1) is 0 Å². The van der Waals surface area contributed by atoms with Gasteiger partial charge in [0.2, 0.25) is 0 Å². The van der Waals surface area contributed by atoms with Crippen molar-refractivity contribution in [3.63, 3.8) is 0 Å². The van der Waals surface area contributed by atoms with Crippen molar-refractivity contribution in [2.24, 2.45) is 0 Å². The fourth-order valence-corrected chi connectivity index (χ4v) is 3.68. The molecule has 1 fully saturated rings. The molecule has 1 saturated heterocycles. The number of hydrogen-bond acceptors (Lipinski definition) is 2. The summed E-state index contributed by atoms with van der Waals surface area (Å²) in [6.07, 6.45) is 2.68. The van der Waals surface area contributed by atoms with Gasteiger partial charge in [-0.1, -0.05) is 37.3 Å². The molecule has 0 saturated carbocycles. The Morgan fingerprint density at radius 2 is 1.62 bits per heavy atom. The van der Waals surface area contributed by atoms with Crippen LogP contribution in [0.25, 0.3) is 11.8 Å². The molecule has 29 heavy (non-hydrogen) atoms. The molecule has 146 valence electrons. The van der Waals surface area contributed by atoms with Crippen LogP contribution >= 0.6 is 0 Å². The Morgan fingerprint density at radius 1 is 0.931 bits per heavy atom. The first-order valence-corrected chi connectivity index (χ1v) is 9.70. The van der Waals surface area contributed by atoms with Gasteiger partial charge in [0.1, 0.15) is 5.57 Å². The fraction of sp³-hybridized carbons (Fsp3) is 0.167. The summed E-state index contributed by atoms with van der Waals surface area (Å²) in [6, 6.07) is 19.5. The lowest BCUT2D eigenvalue weighted by Crippen LogP contribution is -2.35. The number of amides is 2. The molecule has 2 aromatic carbocycles. The molecule has 1 N–H and O–H groups in total. The smallest absolute Gasteiger partial charge is 0.282 e. The van der Waals surface area contributed by atoms with E-state index in [1.165, 1.54) is 10.6 Å². The van der Waals surface area contributed by atoms with E-state index >= 15 is 0 Å². The molecule has 5 nitrogen and oxygen atoms in total. The van der Waals surface area contributed by atoms with Gasteiger partial charge >= 0.3 is 0 Å². The van der Waals surface area contributed by atoms with Crippen molar-refractivity contribution < 1.29 is 9.59 Å². The maximum Gasteiger partial charge on any atom is 0.282 e. The van der Waals surface area contributed by atoms with E-state index < -0.39 is 5.91 Å². The molecule has 3 aromatic rings. The number of benzene rings is 2. The Balaban J connectivity index is 1.70. The van der Waals surface area contributed by atoms with Crippen LogP contribution in [0.2, 0.25) is 0 Å². The van der Waals surface area contributed by atoms with Crippen LogP contribution in [-0.2, 0) is 16.0 Å². The number of rotatable bonds is 4. The van der Waals surface area contributed by atoms with Gasteiger partial charge in [0.25, 0.3) is 11.8 Å². The molecule has 0 atom stereocenters. The van der Waals surface area contributed by atoms with Crippen LogP contribution < -0.4 is 10.4 Å². The second-order valence-electron chi connectivity index (χ2n) is 7.16. The van der Waals surface area contributed by atoms with Crippen molar-refractivity contribution in [2.75, 3.05) is 5.01 Å². The summed E-state index contributed by atoms with van der Waals surface area (Å²) in [4.78, 5) is 25.3. The Kier molecular flexibility index (Phi) is 4.80. The zero-order chi connectivity index (χ0) is 20.5. The molecule has 2 heterocycles. The highest BCUT2D eigenvalue weighted by Gasteiger charge is 2.34. The van der Waals surface area contributed by atoms with Crippen LogP contribution in [0.1, 0.15) is 29.4 Å². The van der Waals surface area contributed by atoms with Crippen molar-refractivity contribution in [3.05, 3.63) is 88.8 Å². The predicted octanol–water partition coefficient (Wildman–Crippen LogP) is 4.12. The summed E-state index contributed by atoms with van der Waals surface area (Å²) >= 11 is 0. The highest BCUT2D eigenvalue weighted by Crippen LogP contribution is 2.26. The number of anilines is 1. The van der Waals surface area contributed by atoms with Crippen LogP contribution in [-0.4, -0.2) is 16.4 Å². The average molecular weight is 385 g/mol. The third-order valence-corrected chi connectivity index (χ3v) is 5.28. The summed E-state index contributed by atoms with van der Waals surface area (Å²) < 4.78 is 2.14. The molecule has 0 radical (unpaired) electrons. The summed E-state index contributed by atoms with van der Waals surface area (Å²) in [7, 11) is 0. The van der Waals surface area contributed by atoms with Crippen molar-refractivity contribution >= 4 is 23.6 Å². The number of nitrogens with one attached hydrogen (secondary N) is 1. The average Bonchev–Trinajstić information content (AvgIpc) is 3.18. The van der Waals surface area contributed by atoms with Gasteiger partial charge < -0.3 is 4.57 Å². The molecule has 2 amide bonds. The Morgan fingerprint density at radius 3 is 2.28 bits per heavy atom. The van der Waals surface area contributed by atoms with Crippen LogP contribution in [0.15, 0.2) is 66.2 Å². The van der Waals surface area contributed by atoms with E-state index in [0.717, 1.165) is 29.1 Å². The number of aromatic nitrogens is 1. The van der Waals surface area contributed by atoms with Gasteiger partial charge in [0.15, 0.2) is 0 Å². The molecular formula is C24H23N3O2. The summed E-state index contributed by atoms with van der Waals surface area (Å²) in [5, 5.41) is 1.29. The van der Waals surface area contributed by atoms with Crippen molar-refractivity contribution in [2.45, 2.75) is 27.2 Å². The van der Waals surface area contributed by atoms with Gasteiger partial charge in [0.05, 0.1) is 5.69 Å². The lowest BCUT2D eigenvalue weighted by molar-refractivity contribution is -0.117. The topological polar surface area (TPSA) is 54.3 Å². The van der Waals surface area contributed by atoms with Gasteiger partial charge in [-0.2, -0.15) is 0 Å². The minimum absolute atomic E-state index is 0.135. The quantitative estimate of drug-likeness (QED) is 0.543. The Hall–Kier alpha value is -3.60. The van der Waals surface area contributed by atoms with Crippen molar-refractivity contribution in [1.29, 1.82) is 0 Å². The van der Waals surface area contributed by atoms with E-state index in [2.05, 4.69) is 41.2 Å². The van der Waals surface area contributed by atoms with Crippen LogP contribution in [0.5, 0.6) is 0 Å². The van der Waals surface area contributed by atoms with E-state index in [1.807, 2.05) is 38.1 Å². The third-order valence-electron chi connectivity index (χ3n) is 5.28. The van der Waals surface area contributed by atoms with Gasteiger partial charge in [-0.25, -0.2) is 5.01 Å². The Bertz CT molecular complexity index is 1110. The van der Waals surface area contributed by atoms with Gasteiger partial charge in [-0.3, -0.25) is 15.0 Å². The molecule has 1 aliphatic heterocycles. The van der Waals surface area contributed by atoms with Crippen molar-refractivity contribution in [1.82, 2.24) is 9.99 Å². The number of hydrazine groups is 1. The molecule has 0 bridgehead atoms. The van der Waals surface area contributed by atoms with Crippen molar-refractivity contribution in [3.8, 4) is 5.69 Å². The monoisotopic (exact) mass is 385 g/mol. The lowest BCUT2D eigenvalue weighted by atomic mass is 10.1. The molecule has 0 unspecified atom stereocenters. The van der Waals surface area contributed by atoms with E-state index in [9.17, 15) is 9.59 Å². The fourth-order valence-electron chi connectivity index (χ4n) is 3.68. The standard InChI is InChI=1S/C24H23N3O2/c1-4-18-10-12-20(13-11-18)26-16(2)14-19(17(26)3)15-22-23(28)25-27(24(22)29)21-8-6-5-7-9-21/h5-15H,4H2,1-3H3,(H,25,28). The van der Waals surface area contributed by atoms with E-state index in [1.54, 1.807) is 18.2 Å². The highest BCUT2D eigenvalue weighted by atomic mass is 16.2. The largest absolute Gasteiger partial charge is 0.318 e. The normalized spacial score (nSPS) is 15.3. The van der Waals surface area contributed by atoms with E-state index in [0.29, 0.717) is 5.69 Å². The zero-order valence-corrected chi connectivity index (χ0v) is 16.8. The summed E-state index contributed by atoms with van der Waals surface area (Å²) in [5.41, 5.74) is 8.65. The molecule has 5 heteroatoms. The first-order chi connectivity index (χ1) is 14.0. The first kappa shape index (κ1) is 18.7. The number of hydrogen-bond donors (Lipinski definition) is 1. The molecule has 1 aliphatic rings. The second-order valence-corrected chi connectivity index (χ2v) is 7.16. The maximum atomic E-state index is 12.8.